The van der Waals surface area contributed by atoms with Crippen LogP contribution in [0.4, 0.5) is 0 Å². The van der Waals surface area contributed by atoms with E-state index in [0.29, 0.717) is 6.54 Å². The quantitative estimate of drug-likeness (QED) is 0.576. The topological polar surface area (TPSA) is 75.4 Å². The Morgan fingerprint density at radius 3 is 2.79 bits per heavy atom. The van der Waals surface area contributed by atoms with Gasteiger partial charge in [0.15, 0.2) is 0 Å². The molecule has 1 fully saturated rings. The van der Waals surface area contributed by atoms with Crippen molar-refractivity contribution < 1.29 is 9.59 Å². The number of piperazine rings is 1. The fourth-order valence-corrected chi connectivity index (χ4v) is 1.72. The van der Waals surface area contributed by atoms with Crippen LogP contribution < -0.4 is 11.1 Å². The number of nitrogens with two attached hydrogens (primary N) is 1. The van der Waals surface area contributed by atoms with Crippen LogP contribution in [0.15, 0.2) is 0 Å². The molecule has 2 amide bonds. The maximum absolute atomic E-state index is 11.3. The van der Waals surface area contributed by atoms with E-state index in [2.05, 4.69) is 5.32 Å². The summed E-state index contributed by atoms with van der Waals surface area (Å²) in [4.78, 5) is 24.4. The fourth-order valence-electron chi connectivity index (χ4n) is 1.72. The molecule has 0 aromatic heterocycles. The summed E-state index contributed by atoms with van der Waals surface area (Å²) in [5.41, 5.74) is 5.58. The van der Waals surface area contributed by atoms with Gasteiger partial charge >= 0.3 is 0 Å². The summed E-state index contributed by atoms with van der Waals surface area (Å²) in [6, 6.07) is -0.152. The van der Waals surface area contributed by atoms with Gasteiger partial charge in [-0.25, -0.2) is 0 Å². The predicted molar refractivity (Wildman–Crippen MR) is 52.5 cm³/mol. The van der Waals surface area contributed by atoms with Crippen molar-refractivity contribution in [2.24, 2.45) is 5.73 Å². The van der Waals surface area contributed by atoms with Crippen LogP contribution in [0, 0.1) is 0 Å². The van der Waals surface area contributed by atoms with E-state index in [0.717, 1.165) is 6.42 Å². The number of hydrogen-bond acceptors (Lipinski definition) is 4. The van der Waals surface area contributed by atoms with E-state index >= 15 is 0 Å². The molecule has 2 atom stereocenters. The van der Waals surface area contributed by atoms with Crippen LogP contribution in [0.2, 0.25) is 0 Å². The van der Waals surface area contributed by atoms with Gasteiger partial charge in [-0.15, -0.1) is 0 Å². The summed E-state index contributed by atoms with van der Waals surface area (Å²) >= 11 is 0. The normalized spacial score (nSPS) is 26.1. The second-order valence-electron chi connectivity index (χ2n) is 3.56. The first-order chi connectivity index (χ1) is 6.60. The molecule has 0 spiro atoms. The number of rotatable bonds is 3. The Balaban J connectivity index is 2.74. The molecule has 2 unspecified atom stereocenters. The van der Waals surface area contributed by atoms with Crippen molar-refractivity contribution in [3.8, 4) is 0 Å². The molecule has 0 saturated carbocycles. The third kappa shape index (κ3) is 2.10. The Morgan fingerprint density at radius 2 is 2.29 bits per heavy atom. The molecule has 3 N–H and O–H groups in total. The lowest BCUT2D eigenvalue weighted by Crippen LogP contribution is -2.60. The minimum absolute atomic E-state index is 0.111. The maximum Gasteiger partial charge on any atom is 0.243 e. The summed E-state index contributed by atoms with van der Waals surface area (Å²) in [7, 11) is 0. The summed E-state index contributed by atoms with van der Waals surface area (Å²) in [5, 5.41) is 2.30. The number of imide groups is 1. The van der Waals surface area contributed by atoms with Crippen LogP contribution in [0.3, 0.4) is 0 Å². The predicted octanol–water partition coefficient (Wildman–Crippen LogP) is -0.929. The first-order valence-corrected chi connectivity index (χ1v) is 4.89. The molecular weight excluding hydrogens is 182 g/mol. The Bertz CT molecular complexity index is 238. The number of carbonyl (C=O) groups excluding carboxylic acids is 2. The van der Waals surface area contributed by atoms with E-state index in [-0.39, 0.29) is 30.4 Å². The highest BCUT2D eigenvalue weighted by atomic mass is 16.2. The van der Waals surface area contributed by atoms with Crippen molar-refractivity contribution in [2.75, 3.05) is 13.1 Å². The number of amides is 2. The van der Waals surface area contributed by atoms with Gasteiger partial charge in [0.2, 0.25) is 11.8 Å². The molecule has 1 saturated heterocycles. The Labute approximate surface area is 83.6 Å². The Kier molecular flexibility index (Phi) is 3.60. The van der Waals surface area contributed by atoms with Gasteiger partial charge < -0.3 is 5.73 Å². The lowest BCUT2D eigenvalue weighted by Gasteiger charge is -2.36. The van der Waals surface area contributed by atoms with Gasteiger partial charge in [0.25, 0.3) is 0 Å². The van der Waals surface area contributed by atoms with Crippen LogP contribution in [0.5, 0.6) is 0 Å². The van der Waals surface area contributed by atoms with Crippen molar-refractivity contribution >= 4 is 11.8 Å². The molecule has 1 heterocycles. The molecule has 1 aliphatic heterocycles. The zero-order valence-corrected chi connectivity index (χ0v) is 8.62. The van der Waals surface area contributed by atoms with Crippen LogP contribution >= 0.6 is 0 Å². The highest BCUT2D eigenvalue weighted by Gasteiger charge is 2.33. The Hall–Kier alpha value is -0.940. The molecule has 80 valence electrons. The lowest BCUT2D eigenvalue weighted by molar-refractivity contribution is -0.140. The van der Waals surface area contributed by atoms with Crippen molar-refractivity contribution in [3.05, 3.63) is 0 Å². The van der Waals surface area contributed by atoms with E-state index in [4.69, 9.17) is 5.73 Å². The highest BCUT2D eigenvalue weighted by Crippen LogP contribution is 2.11. The minimum Gasteiger partial charge on any atom is -0.329 e. The van der Waals surface area contributed by atoms with Crippen LogP contribution in [-0.2, 0) is 9.59 Å². The first kappa shape index (κ1) is 11.1. The average Bonchev–Trinajstić information content (AvgIpc) is 2.15. The summed E-state index contributed by atoms with van der Waals surface area (Å²) in [6.07, 6.45) is 0.849. The van der Waals surface area contributed by atoms with Gasteiger partial charge in [0.1, 0.15) is 0 Å². The van der Waals surface area contributed by atoms with Gasteiger partial charge in [0.05, 0.1) is 12.6 Å². The number of carbonyl (C=O) groups is 2. The maximum atomic E-state index is 11.3. The number of nitrogens with zero attached hydrogens (tertiary/aromatic N) is 1. The SMILES string of the molecule is CCC(CN)N1CC(=O)NC(=O)C1C. The van der Waals surface area contributed by atoms with Crippen molar-refractivity contribution in [1.82, 2.24) is 10.2 Å². The molecule has 1 rings (SSSR count). The van der Waals surface area contributed by atoms with Gasteiger partial charge in [-0.3, -0.25) is 19.8 Å². The zero-order valence-electron chi connectivity index (χ0n) is 8.62. The number of hydrogen-bond donors (Lipinski definition) is 2. The molecule has 0 aliphatic carbocycles. The smallest absolute Gasteiger partial charge is 0.243 e. The lowest BCUT2D eigenvalue weighted by atomic mass is 10.1. The van der Waals surface area contributed by atoms with Gasteiger partial charge in [-0.2, -0.15) is 0 Å². The van der Waals surface area contributed by atoms with Gasteiger partial charge in [-0.05, 0) is 13.3 Å². The van der Waals surface area contributed by atoms with Crippen LogP contribution in [0.1, 0.15) is 20.3 Å². The number of nitrogens with one attached hydrogen (secondary N) is 1. The summed E-state index contributed by atoms with van der Waals surface area (Å²) in [6.45, 7) is 4.53. The van der Waals surface area contributed by atoms with E-state index in [1.165, 1.54) is 0 Å². The summed E-state index contributed by atoms with van der Waals surface area (Å²) < 4.78 is 0. The fraction of sp³-hybridized carbons (Fsp3) is 0.778. The zero-order chi connectivity index (χ0) is 10.7. The molecule has 5 heteroatoms. The molecule has 0 aromatic carbocycles. The standard InChI is InChI=1S/C9H17N3O2/c1-3-7(4-10)12-5-8(13)11-9(14)6(12)2/h6-7H,3-5,10H2,1-2H3,(H,11,13,14). The second kappa shape index (κ2) is 4.52. The Morgan fingerprint density at radius 1 is 1.64 bits per heavy atom. The molecule has 0 bridgehead atoms. The van der Waals surface area contributed by atoms with E-state index in [1.54, 1.807) is 6.92 Å². The van der Waals surface area contributed by atoms with E-state index in [9.17, 15) is 9.59 Å². The molecule has 1 aliphatic rings. The molecule has 14 heavy (non-hydrogen) atoms. The van der Waals surface area contributed by atoms with E-state index in [1.807, 2.05) is 11.8 Å². The molecule has 5 nitrogen and oxygen atoms in total. The van der Waals surface area contributed by atoms with Crippen LogP contribution in [0.25, 0.3) is 0 Å². The molecule has 0 aromatic rings. The third-order valence-corrected chi connectivity index (χ3v) is 2.68. The largest absolute Gasteiger partial charge is 0.329 e. The first-order valence-electron chi connectivity index (χ1n) is 4.89. The highest BCUT2D eigenvalue weighted by molar-refractivity contribution is 6.00. The summed E-state index contributed by atoms with van der Waals surface area (Å²) in [5.74, 6) is -0.465. The van der Waals surface area contributed by atoms with Crippen molar-refractivity contribution in [3.63, 3.8) is 0 Å². The van der Waals surface area contributed by atoms with Gasteiger partial charge in [0, 0.05) is 12.6 Å². The van der Waals surface area contributed by atoms with E-state index < -0.39 is 0 Å². The minimum atomic E-state index is -0.263. The average molecular weight is 199 g/mol. The van der Waals surface area contributed by atoms with Crippen molar-refractivity contribution in [2.45, 2.75) is 32.4 Å². The third-order valence-electron chi connectivity index (χ3n) is 2.68. The monoisotopic (exact) mass is 199 g/mol. The van der Waals surface area contributed by atoms with Gasteiger partial charge in [-0.1, -0.05) is 6.92 Å². The van der Waals surface area contributed by atoms with Crippen molar-refractivity contribution in [1.29, 1.82) is 0 Å². The van der Waals surface area contributed by atoms with Crippen LogP contribution in [-0.4, -0.2) is 41.9 Å². The second-order valence-corrected chi connectivity index (χ2v) is 3.56. The molecule has 0 radical (unpaired) electrons. The molecular formula is C9H17N3O2.